The third-order valence-corrected chi connectivity index (χ3v) is 6.45. The van der Waals surface area contributed by atoms with Crippen molar-refractivity contribution in [3.63, 3.8) is 0 Å². The number of hydrogen-bond donors (Lipinski definition) is 0. The lowest BCUT2D eigenvalue weighted by atomic mass is 9.79. The van der Waals surface area contributed by atoms with Crippen LogP contribution >= 0.6 is 0 Å². The van der Waals surface area contributed by atoms with Crippen molar-refractivity contribution in [2.75, 3.05) is 40.7 Å². The summed E-state index contributed by atoms with van der Waals surface area (Å²) < 4.78 is 48.5. The van der Waals surface area contributed by atoms with E-state index in [9.17, 15) is 8.42 Å². The minimum Gasteiger partial charge on any atom is -0.468 e. The molecule has 1 aliphatic rings. The molecule has 0 spiro atoms. The number of benzene rings is 2. The van der Waals surface area contributed by atoms with Crippen LogP contribution in [0.2, 0.25) is 0 Å². The highest BCUT2D eigenvalue weighted by molar-refractivity contribution is 7.85. The van der Waals surface area contributed by atoms with Crippen molar-refractivity contribution in [2.45, 2.75) is 32.1 Å². The molecule has 7 nitrogen and oxygen atoms in total. The fourth-order valence-corrected chi connectivity index (χ4v) is 4.59. The highest BCUT2D eigenvalue weighted by Crippen LogP contribution is 2.38. The fraction of sp³-hybridized carbons (Fsp3) is 0.462. The van der Waals surface area contributed by atoms with Gasteiger partial charge in [-0.1, -0.05) is 29.8 Å². The Balaban J connectivity index is 1.80. The van der Waals surface area contributed by atoms with Crippen molar-refractivity contribution in [2.24, 2.45) is 5.92 Å². The summed E-state index contributed by atoms with van der Waals surface area (Å²) in [6, 6.07) is 16.1. The van der Waals surface area contributed by atoms with Crippen LogP contribution < -0.4 is 9.47 Å². The summed E-state index contributed by atoms with van der Waals surface area (Å²) >= 11 is 0. The summed E-state index contributed by atoms with van der Waals surface area (Å²) in [6.07, 6.45) is 5.79. The molecule has 186 valence electrons. The monoisotopic (exact) mass is 490 g/mol. The maximum absolute atomic E-state index is 11.2. The van der Waals surface area contributed by atoms with Gasteiger partial charge < -0.3 is 18.9 Å². The second-order valence-corrected chi connectivity index (χ2v) is 10.0. The minimum absolute atomic E-state index is 0.209. The van der Waals surface area contributed by atoms with Crippen molar-refractivity contribution in [1.29, 1.82) is 0 Å². The van der Waals surface area contributed by atoms with Crippen molar-refractivity contribution < 1.29 is 31.5 Å². The van der Waals surface area contributed by atoms with Crippen LogP contribution in [-0.4, -0.2) is 49.1 Å². The van der Waals surface area contributed by atoms with Crippen molar-refractivity contribution >= 4 is 15.7 Å². The third kappa shape index (κ3) is 8.13. The molecule has 0 unspecified atom stereocenters. The molecule has 8 heteroatoms. The highest BCUT2D eigenvalue weighted by Gasteiger charge is 2.21. The first-order chi connectivity index (χ1) is 16.4. The molecule has 0 heterocycles. The molecule has 0 radical (unpaired) electrons. The maximum Gasteiger partial charge on any atom is 0.264 e. The largest absolute Gasteiger partial charge is 0.468 e. The zero-order valence-corrected chi connectivity index (χ0v) is 20.9. The molecule has 0 N–H and O–H groups in total. The molecule has 1 fully saturated rings. The predicted molar refractivity (Wildman–Crippen MR) is 131 cm³/mol. The smallest absolute Gasteiger partial charge is 0.264 e. The van der Waals surface area contributed by atoms with Crippen LogP contribution in [0.25, 0.3) is 5.57 Å². The first-order valence-corrected chi connectivity index (χ1v) is 13.2. The summed E-state index contributed by atoms with van der Waals surface area (Å²) in [5.74, 6) is 1.97. The van der Waals surface area contributed by atoms with Gasteiger partial charge in [0, 0.05) is 14.2 Å². The van der Waals surface area contributed by atoms with Crippen molar-refractivity contribution in [3.05, 3.63) is 65.2 Å². The number of ether oxygens (including phenoxy) is 4. The molecular weight excluding hydrogens is 456 g/mol. The van der Waals surface area contributed by atoms with Crippen LogP contribution in [0.5, 0.6) is 11.5 Å². The summed E-state index contributed by atoms with van der Waals surface area (Å²) in [4.78, 5) is 0. The fourth-order valence-electron chi connectivity index (χ4n) is 4.20. The summed E-state index contributed by atoms with van der Waals surface area (Å²) in [7, 11) is -0.190. The maximum atomic E-state index is 11.2. The first kappa shape index (κ1) is 26.2. The summed E-state index contributed by atoms with van der Waals surface area (Å²) in [5, 5.41) is 0. The van der Waals surface area contributed by atoms with Gasteiger partial charge in [0.2, 0.25) is 0 Å². The lowest BCUT2D eigenvalue weighted by Gasteiger charge is -2.26. The Hall–Kier alpha value is -2.39. The average Bonchev–Trinajstić information content (AvgIpc) is 2.83. The van der Waals surface area contributed by atoms with Crippen LogP contribution in [-0.2, 0) is 23.8 Å². The van der Waals surface area contributed by atoms with Crippen LogP contribution in [0.3, 0.4) is 0 Å². The van der Waals surface area contributed by atoms with E-state index in [4.69, 9.17) is 23.1 Å². The van der Waals surface area contributed by atoms with E-state index in [2.05, 4.69) is 24.3 Å². The first-order valence-electron chi connectivity index (χ1n) is 11.4. The second-order valence-electron chi connectivity index (χ2n) is 8.39. The van der Waals surface area contributed by atoms with E-state index >= 15 is 0 Å². The minimum atomic E-state index is -3.39. The lowest BCUT2D eigenvalue weighted by Crippen LogP contribution is -2.14. The van der Waals surface area contributed by atoms with Gasteiger partial charge in [-0.25, -0.2) is 0 Å². The lowest BCUT2D eigenvalue weighted by molar-refractivity contribution is 0.0509. The topological polar surface area (TPSA) is 80.3 Å². The Morgan fingerprint density at radius 2 is 1.29 bits per heavy atom. The quantitative estimate of drug-likeness (QED) is 0.306. The van der Waals surface area contributed by atoms with Gasteiger partial charge in [0.15, 0.2) is 13.6 Å². The molecule has 2 aromatic rings. The molecule has 0 atom stereocenters. The van der Waals surface area contributed by atoms with Gasteiger partial charge in [-0.15, -0.1) is 0 Å². The zero-order valence-electron chi connectivity index (χ0n) is 20.1. The molecule has 0 aliphatic heterocycles. The number of rotatable bonds is 12. The zero-order chi connectivity index (χ0) is 24.4. The molecule has 0 amide bonds. The van der Waals surface area contributed by atoms with Crippen molar-refractivity contribution in [1.82, 2.24) is 0 Å². The molecule has 34 heavy (non-hydrogen) atoms. The van der Waals surface area contributed by atoms with E-state index in [0.29, 0.717) is 5.92 Å². The van der Waals surface area contributed by atoms with E-state index in [1.54, 1.807) is 14.2 Å². The molecule has 0 saturated heterocycles. The van der Waals surface area contributed by atoms with Crippen LogP contribution in [0.1, 0.15) is 43.2 Å². The Morgan fingerprint density at radius 3 is 1.71 bits per heavy atom. The SMILES string of the molecule is COCOc1ccc(C(=C2CCC(CCOS(C)(=O)=O)CC2)c2ccc(OCOC)cc2)cc1. The average molecular weight is 491 g/mol. The molecular formula is C26H34O7S. The molecule has 1 saturated carbocycles. The Kier molecular flexibility index (Phi) is 9.95. The summed E-state index contributed by atoms with van der Waals surface area (Å²) in [6.45, 7) is 0.669. The number of allylic oxidation sites excluding steroid dienone is 1. The van der Waals surface area contributed by atoms with Gasteiger partial charge in [-0.05, 0) is 79.0 Å². The molecule has 1 aliphatic carbocycles. The summed E-state index contributed by atoms with van der Waals surface area (Å²) in [5.41, 5.74) is 4.88. The molecule has 3 rings (SSSR count). The van der Waals surface area contributed by atoms with Crippen molar-refractivity contribution in [3.8, 4) is 11.5 Å². The third-order valence-electron chi connectivity index (χ3n) is 5.86. The van der Waals surface area contributed by atoms with Gasteiger partial charge >= 0.3 is 0 Å². The molecule has 0 bridgehead atoms. The van der Waals surface area contributed by atoms with E-state index in [1.807, 2.05) is 24.3 Å². The van der Waals surface area contributed by atoms with E-state index in [1.165, 1.54) is 11.1 Å². The van der Waals surface area contributed by atoms with E-state index < -0.39 is 10.1 Å². The van der Waals surface area contributed by atoms with E-state index in [-0.39, 0.29) is 20.2 Å². The van der Waals surface area contributed by atoms with Gasteiger partial charge in [-0.3, -0.25) is 4.18 Å². The Morgan fingerprint density at radius 1 is 0.824 bits per heavy atom. The normalized spacial score (nSPS) is 16.3. The van der Waals surface area contributed by atoms with Gasteiger partial charge in [0.05, 0.1) is 12.9 Å². The second kappa shape index (κ2) is 12.9. The highest BCUT2D eigenvalue weighted by atomic mass is 32.2. The molecule has 2 aromatic carbocycles. The van der Waals surface area contributed by atoms with Gasteiger partial charge in [0.1, 0.15) is 11.5 Å². The number of methoxy groups -OCH3 is 2. The van der Waals surface area contributed by atoms with Crippen LogP contribution in [0, 0.1) is 5.92 Å². The Labute approximate surface area is 202 Å². The van der Waals surface area contributed by atoms with Gasteiger partial charge in [-0.2, -0.15) is 8.42 Å². The standard InChI is InChI=1S/C26H34O7S/c1-29-18-31-24-12-8-22(9-13-24)26(23-10-14-25(15-11-23)32-19-30-2)21-6-4-20(5-7-21)16-17-33-34(3,27)28/h8-15,20H,4-7,16-19H2,1-3H3. The number of hydrogen-bond acceptors (Lipinski definition) is 7. The van der Waals surface area contributed by atoms with Gasteiger partial charge in [0.25, 0.3) is 10.1 Å². The Bertz CT molecular complexity index is 964. The van der Waals surface area contributed by atoms with Crippen LogP contribution in [0.4, 0.5) is 0 Å². The molecule has 0 aromatic heterocycles. The van der Waals surface area contributed by atoms with E-state index in [0.717, 1.165) is 61.0 Å². The van der Waals surface area contributed by atoms with Crippen LogP contribution in [0.15, 0.2) is 54.1 Å². The predicted octanol–water partition coefficient (Wildman–Crippen LogP) is 5.01.